The highest BCUT2D eigenvalue weighted by molar-refractivity contribution is 5.74. The number of carbonyl (C=O) groups is 1. The third kappa shape index (κ3) is 0.767. The van der Waals surface area contributed by atoms with Crippen LogP contribution in [-0.4, -0.2) is 25.3 Å². The highest BCUT2D eigenvalue weighted by Crippen LogP contribution is 2.00. The number of nitrogens with one attached hydrogen (secondary N) is 1. The van der Waals surface area contributed by atoms with Crippen LogP contribution < -0.4 is 5.32 Å². The van der Waals surface area contributed by atoms with Crippen molar-refractivity contribution < 1.29 is 9.22 Å². The van der Waals surface area contributed by atoms with Gasteiger partial charge in [-0.05, 0) is 13.0 Å². The Balaban J connectivity index is 2.34. The highest BCUT2D eigenvalue weighted by Gasteiger charge is 2.33. The Morgan fingerprint density at radius 3 is 2.62 bits per heavy atom. The summed E-state index contributed by atoms with van der Waals surface area (Å²) in [6.07, 6.45) is 0.883. The minimum Gasteiger partial charge on any atom is -0.299 e. The molecule has 1 saturated heterocycles. The summed E-state index contributed by atoms with van der Waals surface area (Å²) in [6.45, 7) is 3.92. The molecule has 0 aromatic rings. The maximum atomic E-state index is 10.4. The Morgan fingerprint density at radius 2 is 2.50 bits per heavy atom. The molecule has 0 radical (unpaired) electrons. The zero-order valence-corrected chi connectivity index (χ0v) is 4.52. The molecule has 1 aliphatic rings. The molecule has 0 unspecified atom stereocenters. The van der Waals surface area contributed by atoms with Gasteiger partial charge in [0.2, 0.25) is 0 Å². The van der Waals surface area contributed by atoms with Crippen molar-refractivity contribution in [2.75, 3.05) is 6.54 Å². The van der Waals surface area contributed by atoms with Crippen LogP contribution in [0.1, 0.15) is 6.42 Å². The third-order valence-corrected chi connectivity index (χ3v) is 1.25. The molecule has 0 aromatic carbocycles. The van der Waals surface area contributed by atoms with E-state index in [4.69, 9.17) is 0 Å². The third-order valence-electron chi connectivity index (χ3n) is 1.25. The van der Waals surface area contributed by atoms with Crippen LogP contribution in [-0.2, 0) is 9.22 Å². The fourth-order valence-electron chi connectivity index (χ4n) is 0.590. The first-order chi connectivity index (χ1) is 3.84. The largest absolute Gasteiger partial charge is 0.596 e. The van der Waals surface area contributed by atoms with Gasteiger partial charge >= 0.3 is 5.97 Å². The van der Waals surface area contributed by atoms with Gasteiger partial charge < -0.3 is 0 Å². The lowest BCUT2D eigenvalue weighted by Crippen LogP contribution is -2.48. The zero-order valence-electron chi connectivity index (χ0n) is 4.52. The molecule has 1 fully saturated rings. The maximum absolute atomic E-state index is 10.4. The van der Waals surface area contributed by atoms with Gasteiger partial charge in [-0.3, -0.25) is 9.74 Å². The summed E-state index contributed by atoms with van der Waals surface area (Å²) in [4.78, 5) is 10.4. The topological polar surface area (TPSA) is 40.4 Å². The van der Waals surface area contributed by atoms with Gasteiger partial charge in [-0.15, -0.1) is 0 Å². The zero-order chi connectivity index (χ0) is 5.98. The lowest BCUT2D eigenvalue weighted by atomic mass is 10.1. The molecular weight excluding hydrogens is 106 g/mol. The second kappa shape index (κ2) is 2.05. The minimum atomic E-state index is -0.253. The van der Waals surface area contributed by atoms with Crippen LogP contribution in [0.4, 0.5) is 0 Å². The van der Waals surface area contributed by atoms with Crippen LogP contribution in [0.5, 0.6) is 0 Å². The summed E-state index contributed by atoms with van der Waals surface area (Å²) in [5.41, 5.74) is 0. The fourth-order valence-corrected chi connectivity index (χ4v) is 0.590. The molecular formula is C5H8NO2+. The normalized spacial score (nSPS) is 26.2. The Labute approximate surface area is 47.4 Å². The van der Waals surface area contributed by atoms with Gasteiger partial charge in [-0.25, -0.2) is 0 Å². The molecule has 3 heteroatoms. The van der Waals surface area contributed by atoms with Gasteiger partial charge in [0.1, 0.15) is 0 Å². The van der Waals surface area contributed by atoms with E-state index >= 15 is 0 Å². The van der Waals surface area contributed by atoms with Gasteiger partial charge in [0, 0.05) is 0 Å². The molecule has 1 aliphatic heterocycles. The Bertz CT molecular complexity index is 118. The predicted octanol–water partition coefficient (Wildman–Crippen LogP) is -0.761. The van der Waals surface area contributed by atoms with E-state index in [9.17, 15) is 4.79 Å². The van der Waals surface area contributed by atoms with Crippen LogP contribution in [0.25, 0.3) is 0 Å². The van der Waals surface area contributed by atoms with Gasteiger partial charge in [0.05, 0.1) is 4.79 Å². The molecule has 1 heterocycles. The average Bonchev–Trinajstić information content (AvgIpc) is 1.62. The lowest BCUT2D eigenvalue weighted by Gasteiger charge is -2.17. The Morgan fingerprint density at radius 1 is 1.88 bits per heavy atom. The first-order valence-corrected chi connectivity index (χ1v) is 2.54. The molecule has 0 spiro atoms. The van der Waals surface area contributed by atoms with Crippen molar-refractivity contribution in [3.8, 4) is 0 Å². The molecule has 0 amide bonds. The number of rotatable bonds is 1. The van der Waals surface area contributed by atoms with Crippen molar-refractivity contribution in [3.63, 3.8) is 0 Å². The van der Waals surface area contributed by atoms with Crippen molar-refractivity contribution >= 4 is 12.8 Å². The van der Waals surface area contributed by atoms with E-state index in [-0.39, 0.29) is 12.0 Å². The van der Waals surface area contributed by atoms with E-state index in [1.165, 1.54) is 0 Å². The van der Waals surface area contributed by atoms with Crippen molar-refractivity contribution in [2.24, 2.45) is 0 Å². The maximum Gasteiger partial charge on any atom is 0.596 e. The molecule has 3 nitrogen and oxygen atoms in total. The monoisotopic (exact) mass is 114 g/mol. The summed E-state index contributed by atoms with van der Waals surface area (Å²) in [5, 5.41) is 2.88. The second-order valence-electron chi connectivity index (χ2n) is 1.76. The van der Waals surface area contributed by atoms with Crippen molar-refractivity contribution in [2.45, 2.75) is 12.5 Å². The predicted molar refractivity (Wildman–Crippen MR) is 28.5 cm³/mol. The quantitative estimate of drug-likeness (QED) is 0.455. The van der Waals surface area contributed by atoms with E-state index in [1.54, 1.807) is 0 Å². The first-order valence-electron chi connectivity index (χ1n) is 2.54. The average molecular weight is 114 g/mol. The van der Waals surface area contributed by atoms with Crippen LogP contribution in [0.15, 0.2) is 0 Å². The van der Waals surface area contributed by atoms with E-state index in [2.05, 4.69) is 16.5 Å². The van der Waals surface area contributed by atoms with Gasteiger partial charge in [-0.2, -0.15) is 0 Å². The summed E-state index contributed by atoms with van der Waals surface area (Å²) in [5.74, 6) is -0.253. The van der Waals surface area contributed by atoms with Gasteiger partial charge in [0.25, 0.3) is 0 Å². The van der Waals surface area contributed by atoms with E-state index < -0.39 is 0 Å². The molecule has 8 heavy (non-hydrogen) atoms. The van der Waals surface area contributed by atoms with Crippen LogP contribution >= 0.6 is 0 Å². The van der Waals surface area contributed by atoms with Crippen LogP contribution in [0, 0.1) is 0 Å². The van der Waals surface area contributed by atoms with Crippen LogP contribution in [0.2, 0.25) is 0 Å². The van der Waals surface area contributed by atoms with E-state index in [1.807, 2.05) is 0 Å². The number of carbonyl (C=O) groups excluding carboxylic acids is 2. The minimum absolute atomic E-state index is 0.0764. The fraction of sp³-hybridized carbons (Fsp3) is 0.600. The second-order valence-corrected chi connectivity index (χ2v) is 1.76. The molecule has 44 valence electrons. The molecule has 0 aromatic heterocycles. The van der Waals surface area contributed by atoms with Crippen molar-refractivity contribution in [1.82, 2.24) is 5.32 Å². The van der Waals surface area contributed by atoms with Crippen molar-refractivity contribution in [1.29, 1.82) is 0 Å². The molecule has 1 rings (SSSR count). The van der Waals surface area contributed by atoms with Gasteiger partial charge in [0.15, 0.2) is 12.8 Å². The molecule has 0 aliphatic carbocycles. The molecule has 1 atom stereocenters. The smallest absolute Gasteiger partial charge is 0.299 e. The van der Waals surface area contributed by atoms with Gasteiger partial charge in [-0.1, -0.05) is 0 Å². The Kier molecular flexibility index (Phi) is 1.39. The SMILES string of the molecule is C=[O+]C(=O)[C@@H]1CCN1. The summed E-state index contributed by atoms with van der Waals surface area (Å²) < 4.78 is 4.20. The summed E-state index contributed by atoms with van der Waals surface area (Å²) in [7, 11) is 0. The summed E-state index contributed by atoms with van der Waals surface area (Å²) in [6, 6.07) is -0.0764. The van der Waals surface area contributed by atoms with E-state index in [0.29, 0.717) is 0 Å². The highest BCUT2D eigenvalue weighted by atomic mass is 16.4. The summed E-state index contributed by atoms with van der Waals surface area (Å²) >= 11 is 0. The number of hydrogen-bond donors (Lipinski definition) is 1. The van der Waals surface area contributed by atoms with Crippen LogP contribution in [0.3, 0.4) is 0 Å². The molecule has 1 N–H and O–H groups in total. The van der Waals surface area contributed by atoms with E-state index in [0.717, 1.165) is 13.0 Å². The lowest BCUT2D eigenvalue weighted by molar-refractivity contribution is -0.372. The Hall–Kier alpha value is -0.700. The number of hydrogen-bond acceptors (Lipinski definition) is 2. The molecule has 0 saturated carbocycles. The first kappa shape index (κ1) is 5.44. The molecule has 0 bridgehead atoms. The standard InChI is InChI=1S/C5H8NO2/c1-8-5(7)4-2-3-6-4/h4,6H,1-3H2/q+1/t4-/m0/s1. The van der Waals surface area contributed by atoms with Crippen molar-refractivity contribution in [3.05, 3.63) is 0 Å².